The van der Waals surface area contributed by atoms with Crippen molar-refractivity contribution >= 4 is 40.8 Å². The Labute approximate surface area is 194 Å². The predicted octanol–water partition coefficient (Wildman–Crippen LogP) is 2.62. The molecule has 0 spiro atoms. The molecule has 2 atom stereocenters. The molecule has 2 amide bonds. The van der Waals surface area contributed by atoms with E-state index in [9.17, 15) is 18.4 Å². The molecule has 1 aromatic heterocycles. The van der Waals surface area contributed by atoms with E-state index in [1.54, 1.807) is 37.3 Å². The molecular weight excluding hydrogens is 463 g/mol. The Balaban J connectivity index is 1.73. The number of nitrogen functional groups attached to an aromatic ring is 1. The first-order chi connectivity index (χ1) is 15.0. The van der Waals surface area contributed by atoms with Gasteiger partial charge in [0.25, 0.3) is 5.92 Å². The minimum absolute atomic E-state index is 0.0938. The van der Waals surface area contributed by atoms with Gasteiger partial charge in [0.2, 0.25) is 11.8 Å². The number of hydrogen-bond donors (Lipinski definition) is 4. The second kappa shape index (κ2) is 9.97. The molecule has 2 aromatic rings. The number of carbonyl (C=O) groups is 2. The van der Waals surface area contributed by atoms with Crippen molar-refractivity contribution in [2.45, 2.75) is 44.3 Å². The van der Waals surface area contributed by atoms with Gasteiger partial charge in [-0.15, -0.1) is 0 Å². The van der Waals surface area contributed by atoms with Crippen LogP contribution in [-0.4, -0.2) is 41.3 Å². The largest absolute Gasteiger partial charge is 0.384 e. The molecule has 1 aliphatic rings. The Morgan fingerprint density at radius 3 is 2.66 bits per heavy atom. The third-order valence-electron chi connectivity index (χ3n) is 5.15. The summed E-state index contributed by atoms with van der Waals surface area (Å²) in [5, 5.41) is 8.48. The summed E-state index contributed by atoms with van der Waals surface area (Å²) in [6.07, 6.45) is -0.535. The molecule has 11 heteroatoms. The van der Waals surface area contributed by atoms with E-state index in [4.69, 9.17) is 28.9 Å². The maximum absolute atomic E-state index is 13.5. The number of amides is 2. The summed E-state index contributed by atoms with van der Waals surface area (Å²) in [5.41, 5.74) is 7.71. The normalized spacial score (nSPS) is 18.2. The Kier molecular flexibility index (Phi) is 7.53. The van der Waals surface area contributed by atoms with Gasteiger partial charge in [0.15, 0.2) is 0 Å². The number of nitrogens with two attached hydrogens (primary N) is 1. The topological polar surface area (TPSA) is 109 Å². The van der Waals surface area contributed by atoms with Crippen molar-refractivity contribution in [1.82, 2.24) is 20.9 Å². The molecule has 1 aromatic carbocycles. The van der Waals surface area contributed by atoms with Gasteiger partial charge < -0.3 is 16.4 Å². The molecule has 1 aliphatic heterocycles. The summed E-state index contributed by atoms with van der Waals surface area (Å²) >= 11 is 12.0. The number of aromatic nitrogens is 1. The molecule has 0 saturated carbocycles. The van der Waals surface area contributed by atoms with Crippen molar-refractivity contribution in [2.24, 2.45) is 0 Å². The molecule has 3 rings (SSSR count). The Morgan fingerprint density at radius 1 is 1.28 bits per heavy atom. The number of carbonyl (C=O) groups excluding carboxylic acids is 2. The molecule has 1 saturated heterocycles. The lowest BCUT2D eigenvalue weighted by Gasteiger charge is -2.21. The van der Waals surface area contributed by atoms with Gasteiger partial charge in [-0.3, -0.25) is 14.9 Å². The fraction of sp³-hybridized carbons (Fsp3) is 0.381. The zero-order valence-electron chi connectivity index (χ0n) is 17.2. The van der Waals surface area contributed by atoms with Gasteiger partial charge in [0.1, 0.15) is 11.9 Å². The van der Waals surface area contributed by atoms with Crippen molar-refractivity contribution in [1.29, 1.82) is 0 Å². The Bertz CT molecular complexity index is 1020. The molecule has 0 radical (unpaired) electrons. The first-order valence-corrected chi connectivity index (χ1v) is 10.6. The van der Waals surface area contributed by atoms with Crippen LogP contribution in [0.1, 0.15) is 23.2 Å². The minimum Gasteiger partial charge on any atom is -0.384 e. The first kappa shape index (κ1) is 24.2. The van der Waals surface area contributed by atoms with Gasteiger partial charge in [-0.05, 0) is 36.2 Å². The number of aryl methyl sites for hydroxylation is 1. The lowest BCUT2D eigenvalue weighted by Crippen LogP contribution is -2.52. The van der Waals surface area contributed by atoms with Crippen LogP contribution in [0.2, 0.25) is 10.0 Å². The number of hydrogen-bond acceptors (Lipinski definition) is 5. The molecule has 0 aliphatic carbocycles. The SMILES string of the molecule is Cc1nc(N)ccc1CNC(=O)[C@H](Cc1ccc(Cl)c(Cl)c1)NC(=O)[C@H]1CC(F)(F)CN1. The van der Waals surface area contributed by atoms with E-state index in [-0.39, 0.29) is 13.0 Å². The lowest BCUT2D eigenvalue weighted by molar-refractivity contribution is -0.130. The van der Waals surface area contributed by atoms with Crippen LogP contribution in [0.4, 0.5) is 14.6 Å². The number of pyridine rings is 1. The van der Waals surface area contributed by atoms with E-state index in [2.05, 4.69) is 20.9 Å². The summed E-state index contributed by atoms with van der Waals surface area (Å²) in [6.45, 7) is 1.34. The van der Waals surface area contributed by atoms with Crippen molar-refractivity contribution in [3.05, 3.63) is 57.2 Å². The molecule has 2 heterocycles. The third kappa shape index (κ3) is 6.27. The van der Waals surface area contributed by atoms with Crippen LogP contribution in [0.15, 0.2) is 30.3 Å². The summed E-state index contributed by atoms with van der Waals surface area (Å²) < 4.78 is 27.0. The van der Waals surface area contributed by atoms with Gasteiger partial charge in [-0.2, -0.15) is 0 Å². The van der Waals surface area contributed by atoms with Crippen LogP contribution in [0.3, 0.4) is 0 Å². The maximum Gasteiger partial charge on any atom is 0.262 e. The van der Waals surface area contributed by atoms with Crippen LogP contribution in [0.25, 0.3) is 0 Å². The molecule has 0 bridgehead atoms. The van der Waals surface area contributed by atoms with Crippen LogP contribution < -0.4 is 21.7 Å². The van der Waals surface area contributed by atoms with Crippen LogP contribution >= 0.6 is 23.2 Å². The molecule has 7 nitrogen and oxygen atoms in total. The molecule has 1 fully saturated rings. The fourth-order valence-electron chi connectivity index (χ4n) is 3.39. The van der Waals surface area contributed by atoms with Crippen molar-refractivity contribution in [3.8, 4) is 0 Å². The Hall–Kier alpha value is -2.49. The van der Waals surface area contributed by atoms with Crippen LogP contribution in [-0.2, 0) is 22.6 Å². The summed E-state index contributed by atoms with van der Waals surface area (Å²) in [4.78, 5) is 29.6. The van der Waals surface area contributed by atoms with Gasteiger partial charge >= 0.3 is 0 Å². The number of halogens is 4. The van der Waals surface area contributed by atoms with Crippen molar-refractivity contribution in [3.63, 3.8) is 0 Å². The van der Waals surface area contributed by atoms with Crippen molar-refractivity contribution < 1.29 is 18.4 Å². The predicted molar refractivity (Wildman–Crippen MR) is 119 cm³/mol. The molecule has 172 valence electrons. The first-order valence-electron chi connectivity index (χ1n) is 9.89. The number of anilines is 1. The lowest BCUT2D eigenvalue weighted by atomic mass is 10.0. The van der Waals surface area contributed by atoms with E-state index in [0.717, 1.165) is 5.56 Å². The van der Waals surface area contributed by atoms with E-state index >= 15 is 0 Å². The second-order valence-corrected chi connectivity index (χ2v) is 8.52. The highest BCUT2D eigenvalue weighted by Crippen LogP contribution is 2.26. The average Bonchev–Trinajstić information content (AvgIpc) is 3.09. The number of nitrogens with one attached hydrogen (secondary N) is 3. The van der Waals surface area contributed by atoms with Crippen LogP contribution in [0.5, 0.6) is 0 Å². The number of benzene rings is 1. The average molecular weight is 486 g/mol. The zero-order chi connectivity index (χ0) is 23.5. The monoisotopic (exact) mass is 485 g/mol. The molecule has 32 heavy (non-hydrogen) atoms. The molecule has 5 N–H and O–H groups in total. The second-order valence-electron chi connectivity index (χ2n) is 7.71. The highest BCUT2D eigenvalue weighted by atomic mass is 35.5. The summed E-state index contributed by atoms with van der Waals surface area (Å²) in [7, 11) is 0. The van der Waals surface area contributed by atoms with Gasteiger partial charge in [0, 0.05) is 25.1 Å². The Morgan fingerprint density at radius 2 is 2.03 bits per heavy atom. The van der Waals surface area contributed by atoms with E-state index < -0.39 is 42.8 Å². The van der Waals surface area contributed by atoms with Gasteiger partial charge in [-0.25, -0.2) is 13.8 Å². The number of alkyl halides is 2. The molecular formula is C21H23Cl2F2N5O2. The fourth-order valence-corrected chi connectivity index (χ4v) is 3.71. The zero-order valence-corrected chi connectivity index (χ0v) is 18.7. The van der Waals surface area contributed by atoms with Crippen molar-refractivity contribution in [2.75, 3.05) is 12.3 Å². The van der Waals surface area contributed by atoms with E-state index in [1.165, 1.54) is 0 Å². The third-order valence-corrected chi connectivity index (χ3v) is 5.89. The quantitative estimate of drug-likeness (QED) is 0.481. The van der Waals surface area contributed by atoms with E-state index in [1.807, 2.05) is 0 Å². The highest BCUT2D eigenvalue weighted by molar-refractivity contribution is 6.42. The number of rotatable bonds is 7. The van der Waals surface area contributed by atoms with E-state index in [0.29, 0.717) is 27.1 Å². The summed E-state index contributed by atoms with van der Waals surface area (Å²) in [6, 6.07) is 6.11. The highest BCUT2D eigenvalue weighted by Gasteiger charge is 2.43. The van der Waals surface area contributed by atoms with Gasteiger partial charge in [0.05, 0.1) is 22.6 Å². The minimum atomic E-state index is -2.97. The van der Waals surface area contributed by atoms with Crippen LogP contribution in [0, 0.1) is 6.92 Å². The molecule has 0 unspecified atom stereocenters. The smallest absolute Gasteiger partial charge is 0.262 e. The van der Waals surface area contributed by atoms with Gasteiger partial charge in [-0.1, -0.05) is 35.3 Å². The summed E-state index contributed by atoms with van der Waals surface area (Å²) in [5.74, 6) is -3.76. The number of nitrogens with zero attached hydrogens (tertiary/aromatic N) is 1. The maximum atomic E-state index is 13.5. The standard InChI is InChI=1S/C21H23Cl2F2N5O2/c1-11-13(3-5-18(26)29-11)9-27-19(31)16(7-12-2-4-14(22)15(23)6-12)30-20(32)17-8-21(24,25)10-28-17/h2-6,16-17,28H,7-10H2,1H3,(H2,26,29)(H,27,31)(H,30,32)/t16-,17+/m0/s1.